The zero-order valence-corrected chi connectivity index (χ0v) is 14.3. The van der Waals surface area contributed by atoms with Crippen LogP contribution in [0.3, 0.4) is 0 Å². The van der Waals surface area contributed by atoms with Crippen molar-refractivity contribution in [2.24, 2.45) is 5.92 Å². The molecule has 3 unspecified atom stereocenters. The number of carbonyl (C=O) groups excluding carboxylic acids is 1. The first kappa shape index (κ1) is 17.5. The first-order valence-electron chi connectivity index (χ1n) is 7.65. The van der Waals surface area contributed by atoms with E-state index < -0.39 is 23.5 Å². The van der Waals surface area contributed by atoms with Gasteiger partial charge in [-0.3, -0.25) is 4.79 Å². The molecule has 132 valence electrons. The van der Waals surface area contributed by atoms with Gasteiger partial charge in [0.05, 0.1) is 19.6 Å². The molecule has 5 nitrogen and oxygen atoms in total. The van der Waals surface area contributed by atoms with Crippen LogP contribution in [0.4, 0.5) is 8.78 Å². The molecule has 0 N–H and O–H groups in total. The van der Waals surface area contributed by atoms with E-state index >= 15 is 0 Å². The lowest BCUT2D eigenvalue weighted by atomic mass is 10.1. The Morgan fingerprint density at radius 1 is 1.20 bits per heavy atom. The van der Waals surface area contributed by atoms with E-state index in [0.717, 1.165) is 6.07 Å². The van der Waals surface area contributed by atoms with Crippen molar-refractivity contribution >= 4 is 17.6 Å². The third kappa shape index (κ3) is 3.28. The summed E-state index contributed by atoms with van der Waals surface area (Å²) in [6, 6.07) is 2.47. The molecule has 0 spiro atoms. The van der Waals surface area contributed by atoms with Crippen LogP contribution in [0.15, 0.2) is 24.5 Å². The van der Waals surface area contributed by atoms with Crippen molar-refractivity contribution in [3.63, 3.8) is 0 Å². The molecule has 1 fully saturated rings. The van der Waals surface area contributed by atoms with E-state index in [2.05, 4.69) is 9.97 Å². The van der Waals surface area contributed by atoms with E-state index in [9.17, 15) is 13.6 Å². The summed E-state index contributed by atoms with van der Waals surface area (Å²) in [5, 5.41) is 0.0862. The molecule has 0 bridgehead atoms. The highest BCUT2D eigenvalue weighted by Gasteiger charge is 2.57. The number of ether oxygens (including phenoxy) is 2. The van der Waals surface area contributed by atoms with Gasteiger partial charge in [0.25, 0.3) is 0 Å². The van der Waals surface area contributed by atoms with Crippen molar-refractivity contribution in [1.29, 1.82) is 0 Å². The number of methoxy groups -OCH3 is 1. The third-order valence-corrected chi connectivity index (χ3v) is 4.42. The SMILES string of the molecule is CCOC(=O)C1C(c2cnc(Cl)nc2)C1c1cc(F)c(F)c(OC)c1. The maximum absolute atomic E-state index is 13.9. The fraction of sp³-hybridized carbons (Fsp3) is 0.353. The molecular formula is C17H15ClF2N2O3. The topological polar surface area (TPSA) is 61.3 Å². The molecule has 1 heterocycles. The average molecular weight is 369 g/mol. The van der Waals surface area contributed by atoms with Gasteiger partial charge >= 0.3 is 5.97 Å². The van der Waals surface area contributed by atoms with Crippen LogP contribution in [-0.2, 0) is 9.53 Å². The van der Waals surface area contributed by atoms with Crippen LogP contribution in [0.5, 0.6) is 5.75 Å². The number of rotatable bonds is 5. The Kier molecular flexibility index (Phi) is 4.85. The van der Waals surface area contributed by atoms with Gasteiger partial charge in [0, 0.05) is 24.2 Å². The number of carbonyl (C=O) groups is 1. The molecule has 1 aliphatic carbocycles. The number of nitrogens with zero attached hydrogens (tertiary/aromatic N) is 2. The Balaban J connectivity index is 1.99. The molecule has 0 aliphatic heterocycles. The van der Waals surface area contributed by atoms with E-state index in [-0.39, 0.29) is 29.5 Å². The minimum Gasteiger partial charge on any atom is -0.494 e. The number of hydrogen-bond acceptors (Lipinski definition) is 5. The van der Waals surface area contributed by atoms with Gasteiger partial charge in [0.2, 0.25) is 11.1 Å². The van der Waals surface area contributed by atoms with Gasteiger partial charge in [-0.2, -0.15) is 4.39 Å². The molecular weight excluding hydrogens is 354 g/mol. The largest absolute Gasteiger partial charge is 0.494 e. The first-order valence-corrected chi connectivity index (χ1v) is 8.02. The first-order chi connectivity index (χ1) is 12.0. The maximum atomic E-state index is 13.9. The third-order valence-electron chi connectivity index (χ3n) is 4.23. The fourth-order valence-corrected chi connectivity index (χ4v) is 3.19. The summed E-state index contributed by atoms with van der Waals surface area (Å²) in [6.07, 6.45) is 3.03. The highest BCUT2D eigenvalue weighted by atomic mass is 35.5. The molecule has 3 atom stereocenters. The van der Waals surface area contributed by atoms with Crippen LogP contribution in [0, 0.1) is 17.6 Å². The Morgan fingerprint density at radius 2 is 1.84 bits per heavy atom. The highest BCUT2D eigenvalue weighted by molar-refractivity contribution is 6.28. The maximum Gasteiger partial charge on any atom is 0.310 e. The zero-order valence-electron chi connectivity index (χ0n) is 13.5. The van der Waals surface area contributed by atoms with Gasteiger partial charge in [-0.15, -0.1) is 0 Å². The van der Waals surface area contributed by atoms with Gasteiger partial charge < -0.3 is 9.47 Å². The number of aromatic nitrogens is 2. The van der Waals surface area contributed by atoms with Crippen LogP contribution in [0.2, 0.25) is 5.28 Å². The van der Waals surface area contributed by atoms with E-state index in [1.807, 2.05) is 0 Å². The van der Waals surface area contributed by atoms with Crippen LogP contribution in [0.1, 0.15) is 29.9 Å². The summed E-state index contributed by atoms with van der Waals surface area (Å²) in [6.45, 7) is 1.93. The molecule has 8 heteroatoms. The molecule has 2 aromatic rings. The van der Waals surface area contributed by atoms with Crippen molar-refractivity contribution in [3.8, 4) is 5.75 Å². The predicted molar refractivity (Wildman–Crippen MR) is 85.6 cm³/mol. The molecule has 3 rings (SSSR count). The van der Waals surface area contributed by atoms with E-state index in [0.29, 0.717) is 11.1 Å². The summed E-state index contributed by atoms with van der Waals surface area (Å²) in [5.41, 5.74) is 1.13. The number of hydrogen-bond donors (Lipinski definition) is 0. The second kappa shape index (κ2) is 6.92. The number of benzene rings is 1. The Bertz CT molecular complexity index is 801. The molecule has 1 saturated carbocycles. The minimum atomic E-state index is -1.06. The summed E-state index contributed by atoms with van der Waals surface area (Å²) >= 11 is 5.69. The Hall–Kier alpha value is -2.28. The van der Waals surface area contributed by atoms with Gasteiger partial charge in [-0.25, -0.2) is 14.4 Å². The second-order valence-corrected chi connectivity index (χ2v) is 5.97. The molecule has 0 saturated heterocycles. The summed E-state index contributed by atoms with van der Waals surface area (Å²) in [4.78, 5) is 20.1. The molecule has 1 aliphatic rings. The monoisotopic (exact) mass is 368 g/mol. The van der Waals surface area contributed by atoms with Crippen molar-refractivity contribution in [2.75, 3.05) is 13.7 Å². The summed E-state index contributed by atoms with van der Waals surface area (Å²) < 4.78 is 37.5. The van der Waals surface area contributed by atoms with Crippen LogP contribution in [-0.4, -0.2) is 29.7 Å². The average Bonchev–Trinajstić information content (AvgIpc) is 3.34. The standard InChI is InChI=1S/C17H15ClF2N2O3/c1-3-25-16(23)14-12(13(14)9-6-21-17(18)22-7-9)8-4-10(19)15(20)11(5-8)24-2/h4-7,12-14H,3H2,1-2H3. The van der Waals surface area contributed by atoms with Crippen molar-refractivity contribution in [1.82, 2.24) is 9.97 Å². The van der Waals surface area contributed by atoms with Gasteiger partial charge in [0.1, 0.15) is 0 Å². The number of esters is 1. The van der Waals surface area contributed by atoms with E-state index in [1.165, 1.54) is 25.6 Å². The van der Waals surface area contributed by atoms with E-state index in [4.69, 9.17) is 21.1 Å². The summed E-state index contributed by atoms with van der Waals surface area (Å²) in [5.74, 6) is -3.93. The van der Waals surface area contributed by atoms with Crippen LogP contribution in [0.25, 0.3) is 0 Å². The summed E-state index contributed by atoms with van der Waals surface area (Å²) in [7, 11) is 1.25. The molecule has 0 radical (unpaired) electrons. The van der Waals surface area contributed by atoms with Gasteiger partial charge in [0.15, 0.2) is 11.6 Å². The zero-order chi connectivity index (χ0) is 18.1. The lowest BCUT2D eigenvalue weighted by Crippen LogP contribution is -2.08. The van der Waals surface area contributed by atoms with Gasteiger partial charge in [-0.05, 0) is 41.8 Å². The smallest absolute Gasteiger partial charge is 0.310 e. The normalized spacial score (nSPS) is 21.7. The van der Waals surface area contributed by atoms with Crippen LogP contribution >= 0.6 is 11.6 Å². The number of halogens is 3. The molecule has 0 amide bonds. The Labute approximate surface area is 147 Å². The van der Waals surface area contributed by atoms with Crippen LogP contribution < -0.4 is 4.74 Å². The quantitative estimate of drug-likeness (QED) is 0.597. The lowest BCUT2D eigenvalue weighted by molar-refractivity contribution is -0.144. The minimum absolute atomic E-state index is 0.0862. The molecule has 1 aromatic carbocycles. The lowest BCUT2D eigenvalue weighted by Gasteiger charge is -2.07. The predicted octanol–water partition coefficient (Wildman–Crippen LogP) is 3.48. The molecule has 1 aromatic heterocycles. The van der Waals surface area contributed by atoms with Crippen molar-refractivity contribution in [3.05, 3.63) is 52.6 Å². The fourth-order valence-electron chi connectivity index (χ4n) is 3.09. The highest BCUT2D eigenvalue weighted by Crippen LogP contribution is 2.61. The molecule has 25 heavy (non-hydrogen) atoms. The second-order valence-electron chi connectivity index (χ2n) is 5.63. The van der Waals surface area contributed by atoms with Crippen molar-refractivity contribution in [2.45, 2.75) is 18.8 Å². The Morgan fingerprint density at radius 3 is 2.44 bits per heavy atom. The van der Waals surface area contributed by atoms with Crippen molar-refractivity contribution < 1.29 is 23.0 Å². The van der Waals surface area contributed by atoms with Gasteiger partial charge in [-0.1, -0.05) is 0 Å². The van der Waals surface area contributed by atoms with E-state index in [1.54, 1.807) is 6.92 Å².